The van der Waals surface area contributed by atoms with E-state index in [1.54, 1.807) is 0 Å². The van der Waals surface area contributed by atoms with Crippen LogP contribution in [0, 0.1) is 5.92 Å². The number of nitrogens with one attached hydrogen (secondary N) is 1. The summed E-state index contributed by atoms with van der Waals surface area (Å²) in [6.07, 6.45) is 6.74. The van der Waals surface area contributed by atoms with Crippen molar-refractivity contribution in [2.45, 2.75) is 32.1 Å². The second-order valence-corrected chi connectivity index (χ2v) is 3.53. The topological polar surface area (TPSA) is 24.4 Å². The van der Waals surface area contributed by atoms with Gasteiger partial charge in [0.15, 0.2) is 0 Å². The second kappa shape index (κ2) is 3.24. The van der Waals surface area contributed by atoms with Crippen LogP contribution in [0.3, 0.4) is 0 Å². The highest BCUT2D eigenvalue weighted by Gasteiger charge is 2.20. The molecule has 2 nitrogen and oxygen atoms in total. The summed E-state index contributed by atoms with van der Waals surface area (Å²) < 4.78 is 0. The molecule has 0 radical (unpaired) electrons. The molecule has 0 aliphatic carbocycles. The molecular weight excluding hydrogens is 136 g/mol. The molecule has 0 aromatic carbocycles. The first-order valence-electron chi connectivity index (χ1n) is 4.75. The molecule has 2 heteroatoms. The van der Waals surface area contributed by atoms with Crippen molar-refractivity contribution < 1.29 is 0 Å². The zero-order chi connectivity index (χ0) is 7.52. The molecule has 0 bridgehead atoms. The smallest absolute Gasteiger partial charge is 0.0994 e. The number of hydrogen-bond acceptors (Lipinski definition) is 2. The Morgan fingerprint density at radius 1 is 1.18 bits per heavy atom. The molecule has 1 unspecified atom stereocenters. The van der Waals surface area contributed by atoms with Gasteiger partial charge < -0.3 is 5.32 Å². The first-order chi connectivity index (χ1) is 5.47. The molecule has 2 aliphatic rings. The van der Waals surface area contributed by atoms with E-state index in [1.165, 1.54) is 37.9 Å². The molecule has 0 aromatic heterocycles. The number of amidine groups is 1. The third-order valence-electron chi connectivity index (χ3n) is 2.67. The highest BCUT2D eigenvalue weighted by molar-refractivity contribution is 5.85. The van der Waals surface area contributed by atoms with E-state index in [0.29, 0.717) is 0 Å². The summed E-state index contributed by atoms with van der Waals surface area (Å²) in [6, 6.07) is 0. The predicted octanol–water partition coefficient (Wildman–Crippen LogP) is 1.57. The van der Waals surface area contributed by atoms with Crippen LogP contribution < -0.4 is 5.32 Å². The van der Waals surface area contributed by atoms with Crippen LogP contribution >= 0.6 is 0 Å². The molecule has 2 aliphatic heterocycles. The summed E-state index contributed by atoms with van der Waals surface area (Å²) in [5.41, 5.74) is 0. The van der Waals surface area contributed by atoms with Crippen molar-refractivity contribution in [1.82, 2.24) is 5.32 Å². The van der Waals surface area contributed by atoms with Crippen LogP contribution in [0.5, 0.6) is 0 Å². The lowest BCUT2D eigenvalue weighted by Crippen LogP contribution is -2.36. The minimum absolute atomic E-state index is 0.784. The van der Waals surface area contributed by atoms with Gasteiger partial charge in [0.1, 0.15) is 0 Å². The number of nitrogens with zero attached hydrogens (tertiary/aromatic N) is 1. The SMILES string of the molecule is C1CCC2CCCNC2=NC1. The van der Waals surface area contributed by atoms with Gasteiger partial charge in [-0.05, 0) is 25.7 Å². The number of hydrogen-bond donors (Lipinski definition) is 1. The van der Waals surface area contributed by atoms with Crippen LogP contribution in [0.2, 0.25) is 0 Å². The maximum absolute atomic E-state index is 4.55. The van der Waals surface area contributed by atoms with Crippen molar-refractivity contribution >= 4 is 5.84 Å². The molecule has 1 atom stereocenters. The second-order valence-electron chi connectivity index (χ2n) is 3.53. The minimum Gasteiger partial charge on any atom is -0.374 e. The molecule has 0 aromatic rings. The molecule has 62 valence electrons. The first-order valence-corrected chi connectivity index (χ1v) is 4.75. The Labute approximate surface area is 68.1 Å². The van der Waals surface area contributed by atoms with Crippen molar-refractivity contribution in [2.24, 2.45) is 10.9 Å². The standard InChI is InChI=1S/C9H16N2/c1-2-6-10-9-8(4-1)5-3-7-11-9/h8H,1-7H2,(H,10,11). The van der Waals surface area contributed by atoms with E-state index < -0.39 is 0 Å². The Bertz CT molecular complexity index is 163. The van der Waals surface area contributed by atoms with E-state index in [2.05, 4.69) is 10.3 Å². The van der Waals surface area contributed by atoms with Crippen molar-refractivity contribution in [1.29, 1.82) is 0 Å². The molecule has 1 fully saturated rings. The van der Waals surface area contributed by atoms with E-state index >= 15 is 0 Å². The van der Waals surface area contributed by atoms with Crippen LogP contribution in [0.25, 0.3) is 0 Å². The highest BCUT2D eigenvalue weighted by atomic mass is 15.0. The van der Waals surface area contributed by atoms with Crippen LogP contribution in [0.4, 0.5) is 0 Å². The minimum atomic E-state index is 0.784. The molecule has 1 N–H and O–H groups in total. The molecule has 2 heterocycles. The zero-order valence-electron chi connectivity index (χ0n) is 6.97. The van der Waals surface area contributed by atoms with Gasteiger partial charge in [0.25, 0.3) is 0 Å². The third kappa shape index (κ3) is 1.55. The Morgan fingerprint density at radius 3 is 3.09 bits per heavy atom. The molecule has 0 saturated carbocycles. The summed E-state index contributed by atoms with van der Waals surface area (Å²) >= 11 is 0. The first kappa shape index (κ1) is 7.14. The fraction of sp³-hybridized carbons (Fsp3) is 0.889. The Balaban J connectivity index is 2.06. The summed E-state index contributed by atoms with van der Waals surface area (Å²) in [6.45, 7) is 2.20. The van der Waals surface area contributed by atoms with Gasteiger partial charge in [-0.3, -0.25) is 4.99 Å². The van der Waals surface area contributed by atoms with Gasteiger partial charge in [0, 0.05) is 19.0 Å². The molecule has 11 heavy (non-hydrogen) atoms. The highest BCUT2D eigenvalue weighted by Crippen LogP contribution is 2.21. The summed E-state index contributed by atoms with van der Waals surface area (Å²) in [5, 5.41) is 3.41. The lowest BCUT2D eigenvalue weighted by molar-refractivity contribution is 0.490. The van der Waals surface area contributed by atoms with Gasteiger partial charge in [0.05, 0.1) is 5.84 Å². The summed E-state index contributed by atoms with van der Waals surface area (Å²) in [5.74, 6) is 2.10. The molecule has 2 rings (SSSR count). The van der Waals surface area contributed by atoms with Gasteiger partial charge in [0.2, 0.25) is 0 Å². The molecule has 0 spiro atoms. The average Bonchev–Trinajstić information content (AvgIpc) is 2.28. The van der Waals surface area contributed by atoms with E-state index in [4.69, 9.17) is 0 Å². The Morgan fingerprint density at radius 2 is 2.09 bits per heavy atom. The largest absolute Gasteiger partial charge is 0.374 e. The number of rotatable bonds is 0. The summed E-state index contributed by atoms with van der Waals surface area (Å²) in [7, 11) is 0. The van der Waals surface area contributed by atoms with Gasteiger partial charge in [-0.1, -0.05) is 6.42 Å². The van der Waals surface area contributed by atoms with Gasteiger partial charge >= 0.3 is 0 Å². The van der Waals surface area contributed by atoms with E-state index in [1.807, 2.05) is 0 Å². The van der Waals surface area contributed by atoms with Crippen LogP contribution in [0.1, 0.15) is 32.1 Å². The van der Waals surface area contributed by atoms with Crippen LogP contribution in [0.15, 0.2) is 4.99 Å². The van der Waals surface area contributed by atoms with E-state index in [-0.39, 0.29) is 0 Å². The number of aliphatic imine (C=N–C) groups is 1. The van der Waals surface area contributed by atoms with Crippen molar-refractivity contribution in [3.63, 3.8) is 0 Å². The monoisotopic (exact) mass is 152 g/mol. The zero-order valence-corrected chi connectivity index (χ0v) is 6.97. The maximum Gasteiger partial charge on any atom is 0.0994 e. The molecule has 1 saturated heterocycles. The van der Waals surface area contributed by atoms with Crippen LogP contribution in [-0.4, -0.2) is 18.9 Å². The predicted molar refractivity (Wildman–Crippen MR) is 46.9 cm³/mol. The summed E-state index contributed by atoms with van der Waals surface area (Å²) in [4.78, 5) is 4.55. The number of fused-ring (bicyclic) bond motifs is 1. The van der Waals surface area contributed by atoms with E-state index in [9.17, 15) is 0 Å². The lowest BCUT2D eigenvalue weighted by Gasteiger charge is -2.23. The quantitative estimate of drug-likeness (QED) is 0.560. The third-order valence-corrected chi connectivity index (χ3v) is 2.67. The average molecular weight is 152 g/mol. The lowest BCUT2D eigenvalue weighted by atomic mass is 9.93. The normalized spacial score (nSPS) is 31.3. The maximum atomic E-state index is 4.55. The van der Waals surface area contributed by atoms with Crippen molar-refractivity contribution in [2.75, 3.05) is 13.1 Å². The van der Waals surface area contributed by atoms with E-state index in [0.717, 1.165) is 19.0 Å². The fourth-order valence-electron chi connectivity index (χ4n) is 2.01. The van der Waals surface area contributed by atoms with Gasteiger partial charge in [-0.2, -0.15) is 0 Å². The van der Waals surface area contributed by atoms with Crippen molar-refractivity contribution in [3.8, 4) is 0 Å². The Hall–Kier alpha value is -0.530. The fourth-order valence-corrected chi connectivity index (χ4v) is 2.01. The number of piperidine rings is 1. The molecule has 0 amide bonds. The van der Waals surface area contributed by atoms with Crippen LogP contribution in [-0.2, 0) is 0 Å². The molecular formula is C9H16N2. The van der Waals surface area contributed by atoms with Crippen molar-refractivity contribution in [3.05, 3.63) is 0 Å². The van der Waals surface area contributed by atoms with Gasteiger partial charge in [-0.25, -0.2) is 0 Å². The van der Waals surface area contributed by atoms with Gasteiger partial charge in [-0.15, -0.1) is 0 Å². The Kier molecular flexibility index (Phi) is 2.11.